The zero-order chi connectivity index (χ0) is 50.2. The van der Waals surface area contributed by atoms with E-state index in [4.69, 9.17) is 19.4 Å². The zero-order valence-electron chi connectivity index (χ0n) is 42.2. The highest BCUT2D eigenvalue weighted by Crippen LogP contribution is 2.41. The van der Waals surface area contributed by atoms with Gasteiger partial charge in [0.2, 0.25) is 0 Å². The standard InChI is InChI=1S/C63H39N3OS/c1-4-13-40(14-5-1)45-19-12-20-46(33-45)43-23-25-44(26-24-43)61-64-62(66-63(65-61)52-35-50(41-15-6-2-7-16-41)34-51(36-52)42-17-8-3-9-18-42)49-28-31-55-56-37-47(29-32-59(56)68-60(55)39-49)48-27-30-54-53-21-10-11-22-57(53)67-58(54)38-48/h1-39H/i28D,29D,31D,32D,37D,39D. The summed E-state index contributed by atoms with van der Waals surface area (Å²) in [6.07, 6.45) is 0. The first kappa shape index (κ1) is 33.7. The Kier molecular flexibility index (Phi) is 8.21. The first-order valence-corrected chi connectivity index (χ1v) is 23.1. The number of fused-ring (bicyclic) bond motifs is 6. The number of thiophene rings is 1. The van der Waals surface area contributed by atoms with Crippen LogP contribution in [-0.4, -0.2) is 15.0 Å². The van der Waals surface area contributed by atoms with Gasteiger partial charge in [0, 0.05) is 47.6 Å². The minimum absolute atomic E-state index is 0.0236. The SMILES string of the molecule is [2H]c1c(-c2ccc3c(c2)oc2ccccc23)c([2H])c2c(sc3c([2H])c(-c4nc(-c5ccc(-c6cccc(-c7ccccc7)c6)cc5)nc(-c5cc(-c6ccccc6)cc(-c6ccccc6)c5)n4)c([2H])c([2H])c32)c1[2H]. The summed E-state index contributed by atoms with van der Waals surface area (Å²) in [5, 5.41) is 2.29. The van der Waals surface area contributed by atoms with Gasteiger partial charge in [-0.15, -0.1) is 11.3 Å². The maximum absolute atomic E-state index is 9.87. The fourth-order valence-corrected chi connectivity index (χ4v) is 9.92. The van der Waals surface area contributed by atoms with Gasteiger partial charge in [0.15, 0.2) is 17.5 Å². The van der Waals surface area contributed by atoms with Crippen LogP contribution in [-0.2, 0) is 0 Å². The highest BCUT2D eigenvalue weighted by molar-refractivity contribution is 7.25. The highest BCUT2D eigenvalue weighted by Gasteiger charge is 2.17. The Morgan fingerprint density at radius 1 is 0.294 bits per heavy atom. The molecule has 0 saturated heterocycles. The van der Waals surface area contributed by atoms with E-state index in [9.17, 15) is 8.22 Å². The number of para-hydroxylation sites is 1. The Morgan fingerprint density at radius 3 is 1.47 bits per heavy atom. The second-order valence-electron chi connectivity index (χ2n) is 16.7. The predicted molar refractivity (Wildman–Crippen MR) is 283 cm³/mol. The number of aromatic nitrogens is 3. The van der Waals surface area contributed by atoms with E-state index >= 15 is 0 Å². The first-order chi connectivity index (χ1) is 36.2. The van der Waals surface area contributed by atoms with E-state index in [1.807, 2.05) is 127 Å². The maximum Gasteiger partial charge on any atom is 0.164 e. The Morgan fingerprint density at radius 2 is 0.779 bits per heavy atom. The number of rotatable bonds is 8. The number of furan rings is 1. The summed E-state index contributed by atoms with van der Waals surface area (Å²) < 4.78 is 64.2. The van der Waals surface area contributed by atoms with Crippen LogP contribution in [0.15, 0.2) is 241 Å². The Balaban J connectivity index is 0.997. The number of hydrogen-bond donors (Lipinski definition) is 0. The van der Waals surface area contributed by atoms with E-state index in [1.54, 1.807) is 6.07 Å². The smallest absolute Gasteiger partial charge is 0.164 e. The van der Waals surface area contributed by atoms with Crippen molar-refractivity contribution in [2.75, 3.05) is 0 Å². The number of nitrogens with zero attached hydrogens (tertiary/aromatic N) is 3. The third-order valence-electron chi connectivity index (χ3n) is 12.4. The fraction of sp³-hybridized carbons (Fsp3) is 0. The van der Waals surface area contributed by atoms with Gasteiger partial charge in [0.25, 0.3) is 0 Å². The summed E-state index contributed by atoms with van der Waals surface area (Å²) >= 11 is 1.08. The lowest BCUT2D eigenvalue weighted by atomic mass is 9.96. The van der Waals surface area contributed by atoms with E-state index in [-0.39, 0.29) is 64.0 Å². The molecule has 0 bridgehead atoms. The first-order valence-electron chi connectivity index (χ1n) is 25.3. The molecule has 0 unspecified atom stereocenters. The van der Waals surface area contributed by atoms with Crippen molar-refractivity contribution in [3.63, 3.8) is 0 Å². The van der Waals surface area contributed by atoms with Crippen LogP contribution in [0.5, 0.6) is 0 Å². The molecule has 0 spiro atoms. The largest absolute Gasteiger partial charge is 0.456 e. The monoisotopic (exact) mass is 891 g/mol. The predicted octanol–water partition coefficient (Wildman–Crippen LogP) is 17.5. The zero-order valence-corrected chi connectivity index (χ0v) is 37.0. The lowest BCUT2D eigenvalue weighted by molar-refractivity contribution is 0.669. The molecule has 10 aromatic carbocycles. The van der Waals surface area contributed by atoms with Crippen molar-refractivity contribution in [1.82, 2.24) is 15.0 Å². The average Bonchev–Trinajstić information content (AvgIpc) is 4.08. The summed E-state index contributed by atoms with van der Waals surface area (Å²) in [6, 6.07) is 65.3. The van der Waals surface area contributed by atoms with E-state index in [2.05, 4.69) is 66.7 Å². The molecular weight excluding hydrogens is 847 g/mol. The van der Waals surface area contributed by atoms with Crippen LogP contribution in [0.25, 0.3) is 132 Å². The summed E-state index contributed by atoms with van der Waals surface area (Å²) in [7, 11) is 0. The summed E-state index contributed by atoms with van der Waals surface area (Å²) in [5.74, 6) is 0.666. The van der Waals surface area contributed by atoms with Crippen LogP contribution in [0.2, 0.25) is 0 Å². The van der Waals surface area contributed by atoms with Crippen molar-refractivity contribution >= 4 is 53.4 Å². The van der Waals surface area contributed by atoms with Crippen LogP contribution in [0.1, 0.15) is 8.22 Å². The molecule has 3 heterocycles. The third kappa shape index (κ3) is 7.32. The molecule has 0 saturated carbocycles. The molecule has 0 radical (unpaired) electrons. The fourth-order valence-electron chi connectivity index (χ4n) is 8.95. The minimum Gasteiger partial charge on any atom is -0.456 e. The number of benzene rings is 10. The summed E-state index contributed by atoms with van der Waals surface area (Å²) in [5.41, 5.74) is 11.6. The van der Waals surface area contributed by atoms with Gasteiger partial charge in [-0.3, -0.25) is 0 Å². The molecule has 318 valence electrons. The molecule has 0 aliphatic rings. The van der Waals surface area contributed by atoms with E-state index in [0.717, 1.165) is 66.6 Å². The summed E-state index contributed by atoms with van der Waals surface area (Å²) in [4.78, 5) is 15.3. The van der Waals surface area contributed by atoms with Crippen molar-refractivity contribution < 1.29 is 12.6 Å². The lowest BCUT2D eigenvalue weighted by Crippen LogP contribution is -2.00. The van der Waals surface area contributed by atoms with Crippen LogP contribution < -0.4 is 0 Å². The maximum atomic E-state index is 9.87. The normalized spacial score (nSPS) is 12.8. The Labute approximate surface area is 405 Å². The Hall–Kier alpha value is -8.77. The number of hydrogen-bond acceptors (Lipinski definition) is 5. The molecule has 5 heteroatoms. The van der Waals surface area contributed by atoms with Gasteiger partial charge in [0.1, 0.15) is 11.2 Å². The van der Waals surface area contributed by atoms with Crippen molar-refractivity contribution in [1.29, 1.82) is 0 Å². The molecule has 0 aliphatic carbocycles. The molecule has 0 aliphatic heterocycles. The van der Waals surface area contributed by atoms with Crippen molar-refractivity contribution in [3.05, 3.63) is 236 Å². The average molecular weight is 892 g/mol. The van der Waals surface area contributed by atoms with Crippen molar-refractivity contribution in [2.24, 2.45) is 0 Å². The van der Waals surface area contributed by atoms with Gasteiger partial charge in [-0.25, -0.2) is 15.0 Å². The van der Waals surface area contributed by atoms with Gasteiger partial charge in [-0.1, -0.05) is 176 Å². The van der Waals surface area contributed by atoms with Crippen molar-refractivity contribution in [3.8, 4) is 89.8 Å². The lowest BCUT2D eigenvalue weighted by Gasteiger charge is -2.13. The highest BCUT2D eigenvalue weighted by atomic mass is 32.1. The third-order valence-corrected chi connectivity index (χ3v) is 13.4. The van der Waals surface area contributed by atoms with Gasteiger partial charge < -0.3 is 4.42 Å². The van der Waals surface area contributed by atoms with Crippen LogP contribution >= 0.6 is 11.3 Å². The topological polar surface area (TPSA) is 51.8 Å². The molecule has 0 amide bonds. The van der Waals surface area contributed by atoms with Crippen molar-refractivity contribution in [2.45, 2.75) is 0 Å². The van der Waals surface area contributed by atoms with Crippen LogP contribution in [0, 0.1) is 0 Å². The minimum atomic E-state index is -0.298. The second kappa shape index (κ2) is 16.6. The molecule has 13 rings (SSSR count). The molecule has 68 heavy (non-hydrogen) atoms. The molecular formula is C63H39N3OS. The molecule has 0 fully saturated rings. The van der Waals surface area contributed by atoms with E-state index in [1.165, 1.54) is 0 Å². The molecule has 4 nitrogen and oxygen atoms in total. The van der Waals surface area contributed by atoms with Crippen LogP contribution in [0.3, 0.4) is 0 Å². The van der Waals surface area contributed by atoms with Gasteiger partial charge in [0.05, 0.1) is 8.22 Å². The quantitative estimate of drug-likeness (QED) is 0.152. The van der Waals surface area contributed by atoms with Gasteiger partial charge in [-0.05, 0) is 116 Å². The Bertz CT molecular complexity index is 4310. The second-order valence-corrected chi connectivity index (χ2v) is 17.7. The van der Waals surface area contributed by atoms with E-state index < -0.39 is 0 Å². The van der Waals surface area contributed by atoms with Crippen LogP contribution in [0.4, 0.5) is 0 Å². The molecule has 0 N–H and O–H groups in total. The van der Waals surface area contributed by atoms with Gasteiger partial charge >= 0.3 is 0 Å². The van der Waals surface area contributed by atoms with Gasteiger partial charge in [-0.2, -0.15) is 0 Å². The van der Waals surface area contributed by atoms with E-state index in [0.29, 0.717) is 48.9 Å². The molecule has 3 aromatic heterocycles. The molecule has 0 atom stereocenters. The molecule has 13 aromatic rings. The summed E-state index contributed by atoms with van der Waals surface area (Å²) in [6.45, 7) is 0.